The first kappa shape index (κ1) is 15.8. The van der Waals surface area contributed by atoms with Gasteiger partial charge in [-0.2, -0.15) is 0 Å². The summed E-state index contributed by atoms with van der Waals surface area (Å²) in [6.07, 6.45) is 2.04. The van der Waals surface area contributed by atoms with Gasteiger partial charge in [-0.1, -0.05) is 30.3 Å². The predicted octanol–water partition coefficient (Wildman–Crippen LogP) is 2.02. The number of nitrogens with zero attached hydrogens (tertiary/aromatic N) is 3. The lowest BCUT2D eigenvalue weighted by Crippen LogP contribution is -2.43. The molecule has 1 aliphatic rings. The predicted molar refractivity (Wildman–Crippen MR) is 87.6 cm³/mol. The fraction of sp³-hybridized carbons (Fsp3) is 0.588. The highest BCUT2D eigenvalue weighted by atomic mass is 16.3. The van der Waals surface area contributed by atoms with Gasteiger partial charge in [0, 0.05) is 33.6 Å². The highest BCUT2D eigenvalue weighted by molar-refractivity contribution is 5.79. The molecule has 4 heteroatoms. The smallest absolute Gasteiger partial charge is 0.195 e. The van der Waals surface area contributed by atoms with Crippen LogP contribution in [0.1, 0.15) is 24.3 Å². The van der Waals surface area contributed by atoms with Gasteiger partial charge >= 0.3 is 0 Å². The van der Waals surface area contributed by atoms with E-state index in [2.05, 4.69) is 24.3 Å². The number of hydrogen-bond donors (Lipinski definition) is 1. The Balaban J connectivity index is 2.01. The molecule has 1 saturated carbocycles. The molecule has 0 aliphatic heterocycles. The minimum atomic E-state index is -0.0439. The molecule has 0 amide bonds. The van der Waals surface area contributed by atoms with Gasteiger partial charge in [0.15, 0.2) is 5.96 Å². The average molecular weight is 289 g/mol. The largest absolute Gasteiger partial charge is 0.396 e. The van der Waals surface area contributed by atoms with E-state index in [1.165, 1.54) is 5.56 Å². The van der Waals surface area contributed by atoms with Crippen LogP contribution in [0.4, 0.5) is 0 Å². The van der Waals surface area contributed by atoms with E-state index >= 15 is 0 Å². The Morgan fingerprint density at radius 2 is 1.71 bits per heavy atom. The molecule has 2 rings (SSSR count). The van der Waals surface area contributed by atoms with E-state index in [-0.39, 0.29) is 12.0 Å². The third kappa shape index (κ3) is 3.56. The summed E-state index contributed by atoms with van der Waals surface area (Å²) in [6, 6.07) is 10.6. The van der Waals surface area contributed by atoms with Gasteiger partial charge in [-0.25, -0.2) is 0 Å². The number of aliphatic hydroxyl groups is 1. The molecular formula is C17H27N3O. The Morgan fingerprint density at radius 1 is 1.14 bits per heavy atom. The minimum absolute atomic E-state index is 0.0439. The fourth-order valence-electron chi connectivity index (χ4n) is 3.18. The van der Waals surface area contributed by atoms with Crippen molar-refractivity contribution in [3.63, 3.8) is 0 Å². The minimum Gasteiger partial charge on any atom is -0.396 e. The zero-order valence-corrected chi connectivity index (χ0v) is 13.6. The van der Waals surface area contributed by atoms with Crippen LogP contribution in [0.25, 0.3) is 0 Å². The third-order valence-electron chi connectivity index (χ3n) is 4.32. The maximum absolute atomic E-state index is 9.79. The van der Waals surface area contributed by atoms with Crippen molar-refractivity contribution in [3.05, 3.63) is 35.9 Å². The van der Waals surface area contributed by atoms with Crippen molar-refractivity contribution in [1.29, 1.82) is 0 Å². The summed E-state index contributed by atoms with van der Waals surface area (Å²) in [7, 11) is 7.99. The number of aliphatic imine (C=N–C) groups is 1. The van der Waals surface area contributed by atoms with Gasteiger partial charge in [0.2, 0.25) is 0 Å². The summed E-state index contributed by atoms with van der Waals surface area (Å²) in [6.45, 7) is 0.909. The molecule has 1 N–H and O–H groups in total. The van der Waals surface area contributed by atoms with Gasteiger partial charge in [-0.05, 0) is 24.3 Å². The van der Waals surface area contributed by atoms with Crippen LogP contribution in [-0.2, 0) is 0 Å². The van der Waals surface area contributed by atoms with Crippen LogP contribution >= 0.6 is 0 Å². The summed E-state index contributed by atoms with van der Waals surface area (Å²) in [5.74, 6) is 1.52. The lowest BCUT2D eigenvalue weighted by atomic mass is 9.60. The van der Waals surface area contributed by atoms with Gasteiger partial charge in [0.05, 0.1) is 13.2 Å². The van der Waals surface area contributed by atoms with E-state index in [9.17, 15) is 5.11 Å². The molecule has 116 valence electrons. The fourth-order valence-corrected chi connectivity index (χ4v) is 3.18. The maximum atomic E-state index is 9.79. The Labute approximate surface area is 128 Å². The second kappa shape index (κ2) is 6.48. The quantitative estimate of drug-likeness (QED) is 0.681. The van der Waals surface area contributed by atoms with Crippen molar-refractivity contribution in [2.75, 3.05) is 41.3 Å². The number of benzene rings is 1. The standard InChI is InChI=1S/C17H27N3O/c1-19(2)16(20(3)4)18-12-17(13-21)10-15(11-17)14-8-6-5-7-9-14/h5-9,15,21H,10-13H2,1-4H3. The van der Waals surface area contributed by atoms with E-state index in [0.29, 0.717) is 12.5 Å². The molecular weight excluding hydrogens is 262 g/mol. The zero-order chi connectivity index (χ0) is 15.5. The highest BCUT2D eigenvalue weighted by Gasteiger charge is 2.44. The third-order valence-corrected chi connectivity index (χ3v) is 4.32. The van der Waals surface area contributed by atoms with Gasteiger partial charge in [-0.15, -0.1) is 0 Å². The number of aliphatic hydroxyl groups excluding tert-OH is 1. The molecule has 1 fully saturated rings. The maximum Gasteiger partial charge on any atom is 0.195 e. The molecule has 0 radical (unpaired) electrons. The molecule has 0 aromatic heterocycles. The molecule has 0 heterocycles. The van der Waals surface area contributed by atoms with Crippen molar-refractivity contribution in [2.24, 2.45) is 10.4 Å². The van der Waals surface area contributed by atoms with E-state index in [1.54, 1.807) is 0 Å². The van der Waals surface area contributed by atoms with Gasteiger partial charge < -0.3 is 14.9 Å². The summed E-state index contributed by atoms with van der Waals surface area (Å²) in [5.41, 5.74) is 1.34. The normalized spacial score (nSPS) is 24.1. The molecule has 0 saturated heterocycles. The van der Waals surface area contributed by atoms with Crippen molar-refractivity contribution >= 4 is 5.96 Å². The molecule has 0 atom stereocenters. The summed E-state index contributed by atoms with van der Waals surface area (Å²) >= 11 is 0. The molecule has 4 nitrogen and oxygen atoms in total. The monoisotopic (exact) mass is 289 g/mol. The molecule has 21 heavy (non-hydrogen) atoms. The Kier molecular flexibility index (Phi) is 4.88. The summed E-state index contributed by atoms with van der Waals surface area (Å²) in [4.78, 5) is 8.75. The SMILES string of the molecule is CN(C)C(=NCC1(CO)CC(c2ccccc2)C1)N(C)C. The first-order chi connectivity index (χ1) is 9.97. The van der Waals surface area contributed by atoms with E-state index in [1.807, 2.05) is 44.1 Å². The number of rotatable bonds is 4. The van der Waals surface area contributed by atoms with Crippen LogP contribution < -0.4 is 0 Å². The van der Waals surface area contributed by atoms with Crippen molar-refractivity contribution in [2.45, 2.75) is 18.8 Å². The van der Waals surface area contributed by atoms with Gasteiger partial charge in [0.1, 0.15) is 0 Å². The molecule has 1 aromatic rings. The second-order valence-corrected chi connectivity index (χ2v) is 6.58. The molecule has 0 unspecified atom stereocenters. The highest BCUT2D eigenvalue weighted by Crippen LogP contribution is 2.51. The zero-order valence-electron chi connectivity index (χ0n) is 13.6. The van der Waals surface area contributed by atoms with Crippen LogP contribution in [0.5, 0.6) is 0 Å². The molecule has 0 bridgehead atoms. The van der Waals surface area contributed by atoms with E-state index in [4.69, 9.17) is 4.99 Å². The first-order valence-electron chi connectivity index (χ1n) is 7.52. The van der Waals surface area contributed by atoms with Crippen LogP contribution in [0, 0.1) is 5.41 Å². The van der Waals surface area contributed by atoms with Crippen molar-refractivity contribution < 1.29 is 5.11 Å². The topological polar surface area (TPSA) is 39.1 Å². The van der Waals surface area contributed by atoms with Crippen LogP contribution in [0.15, 0.2) is 35.3 Å². The van der Waals surface area contributed by atoms with E-state index < -0.39 is 0 Å². The summed E-state index contributed by atoms with van der Waals surface area (Å²) in [5, 5.41) is 9.79. The summed E-state index contributed by atoms with van der Waals surface area (Å²) < 4.78 is 0. The Bertz CT molecular complexity index is 466. The molecule has 0 spiro atoms. The lowest BCUT2D eigenvalue weighted by molar-refractivity contribution is 0.0337. The van der Waals surface area contributed by atoms with Gasteiger partial charge in [-0.3, -0.25) is 4.99 Å². The van der Waals surface area contributed by atoms with Gasteiger partial charge in [0.25, 0.3) is 0 Å². The van der Waals surface area contributed by atoms with Crippen molar-refractivity contribution in [3.8, 4) is 0 Å². The molecule has 1 aliphatic carbocycles. The Hall–Kier alpha value is -1.55. The average Bonchev–Trinajstić information content (AvgIpc) is 2.41. The van der Waals surface area contributed by atoms with E-state index in [0.717, 1.165) is 18.8 Å². The lowest BCUT2D eigenvalue weighted by Gasteiger charge is -2.46. The first-order valence-corrected chi connectivity index (χ1v) is 7.52. The van der Waals surface area contributed by atoms with Crippen molar-refractivity contribution in [1.82, 2.24) is 9.80 Å². The van der Waals surface area contributed by atoms with Crippen LogP contribution in [0.3, 0.4) is 0 Å². The van der Waals surface area contributed by atoms with Crippen LogP contribution in [0.2, 0.25) is 0 Å². The number of hydrogen-bond acceptors (Lipinski definition) is 2. The van der Waals surface area contributed by atoms with Crippen LogP contribution in [-0.4, -0.2) is 62.2 Å². The second-order valence-electron chi connectivity index (χ2n) is 6.58. The molecule has 1 aromatic carbocycles. The number of guanidine groups is 1. The Morgan fingerprint density at radius 3 is 2.19 bits per heavy atom.